The lowest BCUT2D eigenvalue weighted by molar-refractivity contribution is -0.122. The van der Waals surface area contributed by atoms with Crippen molar-refractivity contribution in [1.29, 1.82) is 0 Å². The number of rotatable bonds is 6. The predicted molar refractivity (Wildman–Crippen MR) is 71.6 cm³/mol. The molecule has 0 heterocycles. The first kappa shape index (κ1) is 16.8. The molecule has 3 amide bonds. The summed E-state index contributed by atoms with van der Waals surface area (Å²) in [4.78, 5) is 21.5. The van der Waals surface area contributed by atoms with E-state index in [4.69, 9.17) is 10.5 Å². The van der Waals surface area contributed by atoms with Crippen molar-refractivity contribution in [2.24, 2.45) is 5.73 Å². The smallest absolute Gasteiger partial charge is 0.318 e. The molecule has 0 saturated carbocycles. The Balaban J connectivity index is 2.71. The van der Waals surface area contributed by atoms with Gasteiger partial charge in [0.15, 0.2) is 24.0 Å². The van der Waals surface area contributed by atoms with Crippen molar-refractivity contribution in [2.45, 2.75) is 26.4 Å². The number of imide groups is 1. The molecule has 4 N–H and O–H groups in total. The number of carbonyl (C=O) groups excluding carboxylic acids is 2. The number of halogens is 2. The Bertz CT molecular complexity index is 512. The average molecular weight is 301 g/mol. The van der Waals surface area contributed by atoms with E-state index in [0.717, 1.165) is 12.1 Å². The number of benzene rings is 1. The van der Waals surface area contributed by atoms with Crippen LogP contribution in [0, 0.1) is 11.6 Å². The molecular weight excluding hydrogens is 284 g/mol. The van der Waals surface area contributed by atoms with Crippen molar-refractivity contribution in [1.82, 2.24) is 10.6 Å². The van der Waals surface area contributed by atoms with E-state index in [-0.39, 0.29) is 6.04 Å². The molecule has 1 aromatic rings. The van der Waals surface area contributed by atoms with Crippen LogP contribution in [0.3, 0.4) is 0 Å². The molecule has 116 valence electrons. The molecule has 6 nitrogen and oxygen atoms in total. The maximum absolute atomic E-state index is 13.7. The summed E-state index contributed by atoms with van der Waals surface area (Å²) in [6, 6.07) is 1.32. The molecular formula is C13H17F2N3O3. The first-order valence-electron chi connectivity index (χ1n) is 6.23. The average Bonchev–Trinajstić information content (AvgIpc) is 2.34. The number of ether oxygens (including phenoxy) is 1. The molecule has 1 rings (SSSR count). The molecule has 0 saturated heterocycles. The number of nitrogens with one attached hydrogen (secondary N) is 2. The van der Waals surface area contributed by atoms with Crippen LogP contribution in [0.2, 0.25) is 0 Å². The molecule has 21 heavy (non-hydrogen) atoms. The summed E-state index contributed by atoms with van der Waals surface area (Å²) in [5, 5.41) is 4.73. The zero-order chi connectivity index (χ0) is 16.0. The molecule has 0 aliphatic rings. The van der Waals surface area contributed by atoms with Gasteiger partial charge in [0.05, 0.1) is 0 Å². The molecule has 0 bridgehead atoms. The number of primary amides is 1. The van der Waals surface area contributed by atoms with Crippen molar-refractivity contribution in [3.63, 3.8) is 0 Å². The molecule has 0 aliphatic heterocycles. The van der Waals surface area contributed by atoms with Gasteiger partial charge in [-0.1, -0.05) is 13.8 Å². The van der Waals surface area contributed by atoms with Crippen LogP contribution < -0.4 is 21.1 Å². The molecule has 0 aliphatic carbocycles. The van der Waals surface area contributed by atoms with Gasteiger partial charge in [0.25, 0.3) is 5.91 Å². The summed E-state index contributed by atoms with van der Waals surface area (Å²) in [6.45, 7) is 3.39. The van der Waals surface area contributed by atoms with Crippen LogP contribution in [-0.2, 0) is 11.3 Å². The van der Waals surface area contributed by atoms with Gasteiger partial charge < -0.3 is 15.8 Å². The summed E-state index contributed by atoms with van der Waals surface area (Å²) in [7, 11) is 0. The Hall–Kier alpha value is -2.22. The summed E-state index contributed by atoms with van der Waals surface area (Å²) in [6.07, 6.45) is 0. The summed E-state index contributed by atoms with van der Waals surface area (Å²) in [5.41, 5.74) is 5.13. The van der Waals surface area contributed by atoms with Crippen LogP contribution in [0.5, 0.6) is 5.75 Å². The number of carbonyl (C=O) groups is 2. The summed E-state index contributed by atoms with van der Waals surface area (Å²) in [5.74, 6) is -3.43. The van der Waals surface area contributed by atoms with Gasteiger partial charge in [-0.15, -0.1) is 0 Å². The van der Waals surface area contributed by atoms with Gasteiger partial charge in [-0.2, -0.15) is 0 Å². The maximum atomic E-state index is 13.7. The van der Waals surface area contributed by atoms with Crippen molar-refractivity contribution < 1.29 is 23.1 Å². The quantitative estimate of drug-likeness (QED) is 0.732. The second-order valence-corrected chi connectivity index (χ2v) is 4.63. The Kier molecular flexibility index (Phi) is 6.04. The normalized spacial score (nSPS) is 10.5. The second-order valence-electron chi connectivity index (χ2n) is 4.63. The van der Waals surface area contributed by atoms with Crippen LogP contribution in [0.15, 0.2) is 12.1 Å². The van der Waals surface area contributed by atoms with E-state index in [1.54, 1.807) is 5.32 Å². The van der Waals surface area contributed by atoms with E-state index in [9.17, 15) is 18.4 Å². The minimum atomic E-state index is -1.07. The van der Waals surface area contributed by atoms with Crippen molar-refractivity contribution >= 4 is 11.9 Å². The second kappa shape index (κ2) is 7.53. The fourth-order valence-corrected chi connectivity index (χ4v) is 1.49. The summed E-state index contributed by atoms with van der Waals surface area (Å²) >= 11 is 0. The van der Waals surface area contributed by atoms with Crippen molar-refractivity contribution in [2.75, 3.05) is 6.61 Å². The third-order valence-electron chi connectivity index (χ3n) is 2.38. The minimum Gasteiger partial charge on any atom is -0.478 e. The summed E-state index contributed by atoms with van der Waals surface area (Å²) < 4.78 is 32.2. The monoisotopic (exact) mass is 301 g/mol. The van der Waals surface area contributed by atoms with Gasteiger partial charge in [-0.25, -0.2) is 13.6 Å². The molecule has 8 heteroatoms. The van der Waals surface area contributed by atoms with Gasteiger partial charge >= 0.3 is 6.03 Å². The highest BCUT2D eigenvalue weighted by atomic mass is 19.1. The number of amides is 3. The van der Waals surface area contributed by atoms with Crippen LogP contribution in [-0.4, -0.2) is 24.6 Å². The fraction of sp³-hybridized carbons (Fsp3) is 0.385. The van der Waals surface area contributed by atoms with Gasteiger partial charge in [0.2, 0.25) is 0 Å². The molecule has 0 aromatic heterocycles. The van der Waals surface area contributed by atoms with E-state index in [1.165, 1.54) is 0 Å². The minimum absolute atomic E-state index is 0.171. The Morgan fingerprint density at radius 1 is 1.29 bits per heavy atom. The number of nitrogens with two attached hydrogens (primary N) is 1. The Morgan fingerprint density at radius 3 is 2.33 bits per heavy atom. The third-order valence-corrected chi connectivity index (χ3v) is 2.38. The SMILES string of the molecule is CC(C)NCc1cc(F)c(OCC(=O)NC(N)=O)c(F)c1. The molecule has 0 spiro atoms. The topological polar surface area (TPSA) is 93.4 Å². The Labute approximate surface area is 120 Å². The molecule has 0 radical (unpaired) electrons. The fourth-order valence-electron chi connectivity index (χ4n) is 1.49. The van der Waals surface area contributed by atoms with Crippen molar-refractivity contribution in [3.05, 3.63) is 29.3 Å². The lowest BCUT2D eigenvalue weighted by Crippen LogP contribution is -2.38. The van der Waals surface area contributed by atoms with Crippen LogP contribution in [0.1, 0.15) is 19.4 Å². The number of hydrogen-bond donors (Lipinski definition) is 3. The Morgan fingerprint density at radius 2 is 1.86 bits per heavy atom. The molecule has 0 unspecified atom stereocenters. The van der Waals surface area contributed by atoms with E-state index >= 15 is 0 Å². The zero-order valence-corrected chi connectivity index (χ0v) is 11.7. The van der Waals surface area contributed by atoms with Gasteiger partial charge in [0.1, 0.15) is 0 Å². The van der Waals surface area contributed by atoms with E-state index < -0.39 is 35.9 Å². The molecule has 0 atom stereocenters. The van der Waals surface area contributed by atoms with Crippen LogP contribution in [0.4, 0.5) is 13.6 Å². The van der Waals surface area contributed by atoms with E-state index in [0.29, 0.717) is 12.1 Å². The van der Waals surface area contributed by atoms with Gasteiger partial charge in [0, 0.05) is 12.6 Å². The van der Waals surface area contributed by atoms with Gasteiger partial charge in [-0.05, 0) is 17.7 Å². The number of hydrogen-bond acceptors (Lipinski definition) is 4. The highest BCUT2D eigenvalue weighted by molar-refractivity contribution is 5.94. The first-order valence-corrected chi connectivity index (χ1v) is 6.23. The first-order chi connectivity index (χ1) is 9.79. The van der Waals surface area contributed by atoms with Crippen LogP contribution in [0.25, 0.3) is 0 Å². The lowest BCUT2D eigenvalue weighted by Gasteiger charge is -2.11. The van der Waals surface area contributed by atoms with Crippen LogP contribution >= 0.6 is 0 Å². The molecule has 0 fully saturated rings. The van der Waals surface area contributed by atoms with Gasteiger partial charge in [-0.3, -0.25) is 10.1 Å². The molecule has 1 aromatic carbocycles. The van der Waals surface area contributed by atoms with E-state index in [1.807, 2.05) is 13.8 Å². The number of urea groups is 1. The largest absolute Gasteiger partial charge is 0.478 e. The van der Waals surface area contributed by atoms with Crippen molar-refractivity contribution in [3.8, 4) is 5.75 Å². The lowest BCUT2D eigenvalue weighted by atomic mass is 10.2. The zero-order valence-electron chi connectivity index (χ0n) is 11.7. The maximum Gasteiger partial charge on any atom is 0.318 e. The standard InChI is InChI=1S/C13H17F2N3O3/c1-7(2)17-5-8-3-9(14)12(10(15)4-8)21-6-11(19)18-13(16)20/h3-4,7,17H,5-6H2,1-2H3,(H3,16,18,19,20). The van der Waals surface area contributed by atoms with E-state index in [2.05, 4.69) is 5.32 Å². The predicted octanol–water partition coefficient (Wildman–Crippen LogP) is 1.04. The highest BCUT2D eigenvalue weighted by Crippen LogP contribution is 2.23. The third kappa shape index (κ3) is 5.74. The highest BCUT2D eigenvalue weighted by Gasteiger charge is 2.15.